The summed E-state index contributed by atoms with van der Waals surface area (Å²) in [7, 11) is 0. The Morgan fingerprint density at radius 1 is 1.38 bits per heavy atom. The van der Waals surface area contributed by atoms with Crippen molar-refractivity contribution in [1.29, 1.82) is 0 Å². The third-order valence-electron chi connectivity index (χ3n) is 1.55. The summed E-state index contributed by atoms with van der Waals surface area (Å²) in [5.41, 5.74) is 2.22. The lowest BCUT2D eigenvalue weighted by atomic mass is 10.3. The van der Waals surface area contributed by atoms with Crippen LogP contribution in [0.3, 0.4) is 0 Å². The Hall–Kier alpha value is -1.75. The average molecular weight is 236 g/mol. The number of hydrogen-bond acceptors (Lipinski definition) is 4. The van der Waals surface area contributed by atoms with Crippen molar-refractivity contribution in [1.82, 2.24) is 9.97 Å². The Bertz CT molecular complexity index is 450. The first-order chi connectivity index (χ1) is 7.59. The van der Waals surface area contributed by atoms with E-state index in [1.807, 2.05) is 19.1 Å². The van der Waals surface area contributed by atoms with Gasteiger partial charge in [-0.3, -0.25) is 9.78 Å². The van der Waals surface area contributed by atoms with Gasteiger partial charge in [-0.15, -0.1) is 11.3 Å². The molecule has 0 aliphatic rings. The summed E-state index contributed by atoms with van der Waals surface area (Å²) in [6.07, 6.45) is 3.57. The number of rotatable bonds is 1. The molecule has 0 fully saturated rings. The van der Waals surface area contributed by atoms with Crippen LogP contribution in [0.5, 0.6) is 0 Å². The summed E-state index contributed by atoms with van der Waals surface area (Å²) in [6, 6.07) is 3.94. The quantitative estimate of drug-likeness (QED) is 0.826. The van der Waals surface area contributed by atoms with E-state index in [2.05, 4.69) is 15.3 Å². The van der Waals surface area contributed by atoms with Crippen molar-refractivity contribution in [3.63, 3.8) is 0 Å². The highest BCUT2D eigenvalue weighted by atomic mass is 32.1. The minimum atomic E-state index is -0.833. The van der Waals surface area contributed by atoms with E-state index in [4.69, 9.17) is 9.90 Å². The van der Waals surface area contributed by atoms with Crippen molar-refractivity contribution in [3.05, 3.63) is 35.6 Å². The molecule has 0 saturated carbocycles. The lowest BCUT2D eigenvalue weighted by Gasteiger charge is -1.91. The fourth-order valence-electron chi connectivity index (χ4n) is 0.981. The molecule has 0 aliphatic heterocycles. The highest BCUT2D eigenvalue weighted by Crippen LogP contribution is 2.21. The number of aryl methyl sites for hydroxylation is 1. The molecule has 0 amide bonds. The number of nitrogens with zero attached hydrogens (tertiary/aromatic N) is 2. The van der Waals surface area contributed by atoms with Gasteiger partial charge in [0.1, 0.15) is 5.01 Å². The zero-order chi connectivity index (χ0) is 12.0. The van der Waals surface area contributed by atoms with Gasteiger partial charge in [0, 0.05) is 36.0 Å². The first-order valence-electron chi connectivity index (χ1n) is 4.61. The first-order valence-corrected chi connectivity index (χ1v) is 5.49. The van der Waals surface area contributed by atoms with Crippen LogP contribution in [-0.4, -0.2) is 21.0 Å². The fraction of sp³-hybridized carbons (Fsp3) is 0.182. The van der Waals surface area contributed by atoms with Crippen LogP contribution in [0.15, 0.2) is 29.9 Å². The molecule has 2 aromatic heterocycles. The molecule has 0 atom stereocenters. The third kappa shape index (κ3) is 4.18. The second-order valence-corrected chi connectivity index (χ2v) is 3.91. The van der Waals surface area contributed by atoms with Crippen LogP contribution in [-0.2, 0) is 4.79 Å². The molecule has 16 heavy (non-hydrogen) atoms. The van der Waals surface area contributed by atoms with Crippen molar-refractivity contribution in [3.8, 4) is 10.6 Å². The molecule has 1 N–H and O–H groups in total. The topological polar surface area (TPSA) is 63.1 Å². The second-order valence-electron chi connectivity index (χ2n) is 3.05. The average Bonchev–Trinajstić information content (AvgIpc) is 2.65. The number of carboxylic acid groups (broad SMARTS) is 1. The van der Waals surface area contributed by atoms with Gasteiger partial charge in [0.25, 0.3) is 5.97 Å². The van der Waals surface area contributed by atoms with Gasteiger partial charge in [-0.1, -0.05) is 0 Å². The zero-order valence-electron chi connectivity index (χ0n) is 9.04. The van der Waals surface area contributed by atoms with E-state index >= 15 is 0 Å². The van der Waals surface area contributed by atoms with Crippen LogP contribution >= 0.6 is 11.3 Å². The Labute approximate surface area is 97.6 Å². The molecular weight excluding hydrogens is 224 g/mol. The molecule has 84 valence electrons. The van der Waals surface area contributed by atoms with Crippen LogP contribution < -0.4 is 0 Å². The molecule has 2 aromatic rings. The third-order valence-corrected chi connectivity index (χ3v) is 2.56. The number of carbonyl (C=O) groups is 1. The molecule has 0 aromatic carbocycles. The zero-order valence-corrected chi connectivity index (χ0v) is 9.86. The van der Waals surface area contributed by atoms with E-state index in [-0.39, 0.29) is 0 Å². The molecule has 0 aliphatic carbocycles. The van der Waals surface area contributed by atoms with E-state index in [1.54, 1.807) is 23.7 Å². The maximum atomic E-state index is 9.00. The predicted molar refractivity (Wildman–Crippen MR) is 63.4 cm³/mol. The monoisotopic (exact) mass is 236 g/mol. The standard InChI is InChI=1S/C9H8N2S.C2H4O2/c1-7-6-12-9(11-7)8-2-4-10-5-3-8;1-2(3)4/h2-6H,1H3;1H3,(H,3,4). The number of aromatic nitrogens is 2. The molecule has 2 rings (SSSR count). The second kappa shape index (κ2) is 5.97. The summed E-state index contributed by atoms with van der Waals surface area (Å²) in [4.78, 5) is 17.3. The van der Waals surface area contributed by atoms with Crippen molar-refractivity contribution >= 4 is 17.3 Å². The molecule has 0 unspecified atom stereocenters. The molecule has 5 heteroatoms. The van der Waals surface area contributed by atoms with Gasteiger partial charge in [-0.25, -0.2) is 4.98 Å². The minimum Gasteiger partial charge on any atom is -0.481 e. The van der Waals surface area contributed by atoms with Crippen molar-refractivity contribution in [2.75, 3.05) is 0 Å². The number of thiazole rings is 1. The summed E-state index contributed by atoms with van der Waals surface area (Å²) in [6.45, 7) is 3.08. The van der Waals surface area contributed by atoms with E-state index in [0.29, 0.717) is 0 Å². The van der Waals surface area contributed by atoms with Crippen molar-refractivity contribution < 1.29 is 9.90 Å². The van der Waals surface area contributed by atoms with Gasteiger partial charge in [-0.05, 0) is 19.1 Å². The van der Waals surface area contributed by atoms with Crippen LogP contribution in [0.1, 0.15) is 12.6 Å². The summed E-state index contributed by atoms with van der Waals surface area (Å²) in [5, 5.41) is 10.5. The van der Waals surface area contributed by atoms with Crippen molar-refractivity contribution in [2.24, 2.45) is 0 Å². The van der Waals surface area contributed by atoms with Gasteiger partial charge in [0.15, 0.2) is 0 Å². The molecule has 0 saturated heterocycles. The number of hydrogen-bond donors (Lipinski definition) is 1. The Morgan fingerprint density at radius 2 is 1.94 bits per heavy atom. The molecule has 2 heterocycles. The van der Waals surface area contributed by atoms with Crippen LogP contribution in [0, 0.1) is 6.92 Å². The van der Waals surface area contributed by atoms with Crippen LogP contribution in [0.25, 0.3) is 10.6 Å². The Kier molecular flexibility index (Phi) is 4.60. The van der Waals surface area contributed by atoms with Gasteiger partial charge in [0.2, 0.25) is 0 Å². The van der Waals surface area contributed by atoms with Gasteiger partial charge >= 0.3 is 0 Å². The number of pyridine rings is 1. The first kappa shape index (κ1) is 12.3. The van der Waals surface area contributed by atoms with E-state index in [9.17, 15) is 0 Å². The molecule has 0 radical (unpaired) electrons. The van der Waals surface area contributed by atoms with Crippen LogP contribution in [0.4, 0.5) is 0 Å². The normalized spacial score (nSPS) is 9.12. The van der Waals surface area contributed by atoms with E-state index in [1.165, 1.54) is 0 Å². The summed E-state index contributed by atoms with van der Waals surface area (Å²) < 4.78 is 0. The van der Waals surface area contributed by atoms with Crippen molar-refractivity contribution in [2.45, 2.75) is 13.8 Å². The van der Waals surface area contributed by atoms with Gasteiger partial charge < -0.3 is 5.11 Å². The smallest absolute Gasteiger partial charge is 0.300 e. The molecular formula is C11H12N2O2S. The minimum absolute atomic E-state index is 0.833. The van der Waals surface area contributed by atoms with Gasteiger partial charge in [-0.2, -0.15) is 0 Å². The lowest BCUT2D eigenvalue weighted by molar-refractivity contribution is -0.134. The maximum Gasteiger partial charge on any atom is 0.300 e. The maximum absolute atomic E-state index is 9.00. The SMILES string of the molecule is CC(=O)O.Cc1csc(-c2ccncc2)n1. The van der Waals surface area contributed by atoms with E-state index < -0.39 is 5.97 Å². The van der Waals surface area contributed by atoms with Crippen LogP contribution in [0.2, 0.25) is 0 Å². The molecule has 0 bridgehead atoms. The predicted octanol–water partition coefficient (Wildman–Crippen LogP) is 2.60. The number of carboxylic acids is 1. The van der Waals surface area contributed by atoms with E-state index in [0.717, 1.165) is 23.2 Å². The summed E-state index contributed by atoms with van der Waals surface area (Å²) >= 11 is 1.66. The Balaban J connectivity index is 0.000000280. The highest BCUT2D eigenvalue weighted by Gasteiger charge is 1.99. The molecule has 0 spiro atoms. The fourth-order valence-corrected chi connectivity index (χ4v) is 1.78. The number of aliphatic carboxylic acids is 1. The largest absolute Gasteiger partial charge is 0.481 e. The lowest BCUT2D eigenvalue weighted by Crippen LogP contribution is -1.78. The summed E-state index contributed by atoms with van der Waals surface area (Å²) in [5.74, 6) is -0.833. The highest BCUT2D eigenvalue weighted by molar-refractivity contribution is 7.13. The Morgan fingerprint density at radius 3 is 2.38 bits per heavy atom. The van der Waals surface area contributed by atoms with Gasteiger partial charge in [0.05, 0.1) is 0 Å². The molecule has 4 nitrogen and oxygen atoms in total.